The van der Waals surface area contributed by atoms with Gasteiger partial charge in [0.05, 0.1) is 34.6 Å². The average Bonchev–Trinajstić information content (AvgIpc) is 4.25. The third-order valence-corrected chi connectivity index (χ3v) is 15.0. The summed E-state index contributed by atoms with van der Waals surface area (Å²) >= 11 is 0. The molecule has 0 radical (unpaired) electrons. The first kappa shape index (κ1) is 44.0. The molecule has 4 saturated heterocycles. The third kappa shape index (κ3) is 8.20. The molecule has 0 spiro atoms. The van der Waals surface area contributed by atoms with Crippen molar-refractivity contribution in [3.63, 3.8) is 0 Å². The van der Waals surface area contributed by atoms with Crippen molar-refractivity contribution in [3.05, 3.63) is 84.7 Å². The van der Waals surface area contributed by atoms with E-state index in [1.807, 2.05) is 59.3 Å². The summed E-state index contributed by atoms with van der Waals surface area (Å²) < 4.78 is 7.62. The molecular formula is C52H64N16. The summed E-state index contributed by atoms with van der Waals surface area (Å²) in [4.78, 5) is 29.1. The standard InChI is InChI=1S/2C26H32N8/c2*1-18-7-9-19(10-8-18)24-21(15-29-31(24)2)23-22-25(32(3)30-23)27-17-28-26(22)34-14-11-20(16-34)33-12-5-4-6-13-33/h2*7-10,15,17,20H,4-6,11-14,16H2,1-3H3/t2*20-/m00/s1. The number of anilines is 2. The van der Waals surface area contributed by atoms with Crippen molar-refractivity contribution in [2.75, 3.05) is 62.2 Å². The van der Waals surface area contributed by atoms with E-state index < -0.39 is 0 Å². The SMILES string of the molecule is Cc1ccc(-c2c(-c3nn(C)c4ncnc(N5CC[C@H](N6CCCCC6)C5)c34)cnn2C)cc1.Cc1ccc(-c2c(-c3nn(C)c4ncnc(N5CC[C@H](N6CCCCC6)C5)c34)cnn2C)cc1. The largest absolute Gasteiger partial charge is 0.354 e. The number of aromatic nitrogens is 12. The molecule has 16 heteroatoms. The first-order chi connectivity index (χ1) is 33.2. The number of aryl methyl sites for hydroxylation is 6. The molecule has 2 aromatic carbocycles. The van der Waals surface area contributed by atoms with Crippen molar-refractivity contribution in [1.29, 1.82) is 0 Å². The molecule has 16 nitrogen and oxygen atoms in total. The van der Waals surface area contributed by atoms with Crippen molar-refractivity contribution >= 4 is 33.7 Å². The number of hydrogen-bond donors (Lipinski definition) is 0. The van der Waals surface area contributed by atoms with Crippen LogP contribution in [0.1, 0.15) is 62.5 Å². The summed E-state index contributed by atoms with van der Waals surface area (Å²) in [6.07, 6.45) is 17.6. The topological polar surface area (TPSA) is 136 Å². The number of rotatable bonds is 8. The fourth-order valence-electron chi connectivity index (χ4n) is 11.4. The number of nitrogens with zero attached hydrogens (tertiary/aromatic N) is 16. The highest BCUT2D eigenvalue weighted by Crippen LogP contribution is 2.41. The summed E-state index contributed by atoms with van der Waals surface area (Å²) in [5.41, 5.74) is 12.4. The lowest BCUT2D eigenvalue weighted by molar-refractivity contribution is 0.175. The minimum absolute atomic E-state index is 0.604. The van der Waals surface area contributed by atoms with Gasteiger partial charge in [0.15, 0.2) is 11.3 Å². The molecule has 2 atom stereocenters. The Labute approximate surface area is 398 Å². The third-order valence-electron chi connectivity index (χ3n) is 15.0. The van der Waals surface area contributed by atoms with Gasteiger partial charge < -0.3 is 9.80 Å². The second-order valence-electron chi connectivity index (χ2n) is 19.5. The van der Waals surface area contributed by atoms with Crippen molar-refractivity contribution in [1.82, 2.24) is 68.9 Å². The molecule has 10 heterocycles. The molecule has 352 valence electrons. The predicted molar refractivity (Wildman–Crippen MR) is 269 cm³/mol. The lowest BCUT2D eigenvalue weighted by Crippen LogP contribution is -2.41. The summed E-state index contributed by atoms with van der Waals surface area (Å²) in [5.74, 6) is 1.98. The number of benzene rings is 2. The minimum Gasteiger partial charge on any atom is -0.354 e. The number of fused-ring (bicyclic) bond motifs is 2. The van der Waals surface area contributed by atoms with Crippen molar-refractivity contribution < 1.29 is 0 Å². The highest BCUT2D eigenvalue weighted by atomic mass is 15.3. The second kappa shape index (κ2) is 18.5. The molecule has 0 amide bonds. The lowest BCUT2D eigenvalue weighted by Gasteiger charge is -2.32. The van der Waals surface area contributed by atoms with Crippen molar-refractivity contribution in [2.24, 2.45) is 28.2 Å². The van der Waals surface area contributed by atoms with E-state index in [0.29, 0.717) is 12.1 Å². The Morgan fingerprint density at radius 2 is 0.853 bits per heavy atom. The molecule has 0 aliphatic carbocycles. The quantitative estimate of drug-likeness (QED) is 0.149. The highest BCUT2D eigenvalue weighted by Gasteiger charge is 2.34. The van der Waals surface area contributed by atoms with Crippen LogP contribution >= 0.6 is 0 Å². The Kier molecular flexibility index (Phi) is 12.0. The van der Waals surface area contributed by atoms with E-state index in [9.17, 15) is 0 Å². The molecule has 4 aliphatic heterocycles. The fraction of sp³-hybridized carbons (Fsp3) is 0.462. The predicted octanol–water partition coefficient (Wildman–Crippen LogP) is 7.61. The summed E-state index contributed by atoms with van der Waals surface area (Å²) in [5, 5.41) is 21.2. The maximum atomic E-state index is 4.94. The zero-order valence-corrected chi connectivity index (χ0v) is 40.6. The molecule has 68 heavy (non-hydrogen) atoms. The Morgan fingerprint density at radius 3 is 1.25 bits per heavy atom. The van der Waals surface area contributed by atoms with Crippen molar-refractivity contribution in [2.45, 2.75) is 77.3 Å². The van der Waals surface area contributed by atoms with Gasteiger partial charge in [-0.25, -0.2) is 29.3 Å². The minimum atomic E-state index is 0.604. The summed E-state index contributed by atoms with van der Waals surface area (Å²) in [6.45, 7) is 13.2. The molecule has 0 bridgehead atoms. The van der Waals surface area contributed by atoms with Gasteiger partial charge in [0.25, 0.3) is 0 Å². The molecule has 0 unspecified atom stereocenters. The van der Waals surface area contributed by atoms with Crippen LogP contribution in [0, 0.1) is 13.8 Å². The lowest BCUT2D eigenvalue weighted by atomic mass is 10.0. The van der Waals surface area contributed by atoms with Gasteiger partial charge in [-0.1, -0.05) is 72.5 Å². The fourth-order valence-corrected chi connectivity index (χ4v) is 11.4. The van der Waals surface area contributed by atoms with Gasteiger partial charge in [-0.3, -0.25) is 19.2 Å². The van der Waals surface area contributed by atoms with Gasteiger partial charge >= 0.3 is 0 Å². The van der Waals surface area contributed by atoms with Crippen LogP contribution in [0.5, 0.6) is 0 Å². The first-order valence-electron chi connectivity index (χ1n) is 24.7. The number of likely N-dealkylation sites (tertiary alicyclic amines) is 2. The van der Waals surface area contributed by atoms with Crippen LogP contribution in [0.4, 0.5) is 11.6 Å². The monoisotopic (exact) mass is 913 g/mol. The van der Waals surface area contributed by atoms with Crippen LogP contribution in [0.25, 0.3) is 67.1 Å². The van der Waals surface area contributed by atoms with E-state index in [2.05, 4.69) is 102 Å². The van der Waals surface area contributed by atoms with Crippen LogP contribution in [-0.2, 0) is 28.2 Å². The van der Waals surface area contributed by atoms with Gasteiger partial charge in [-0.15, -0.1) is 0 Å². The van der Waals surface area contributed by atoms with Gasteiger partial charge in [-0.05, 0) is 78.6 Å². The summed E-state index contributed by atoms with van der Waals surface area (Å²) in [7, 11) is 7.91. The van der Waals surface area contributed by atoms with E-state index in [0.717, 1.165) is 105 Å². The van der Waals surface area contributed by atoms with E-state index in [-0.39, 0.29) is 0 Å². The normalized spacial score (nSPS) is 19.4. The van der Waals surface area contributed by atoms with Gasteiger partial charge in [0.1, 0.15) is 35.7 Å². The first-order valence-corrected chi connectivity index (χ1v) is 24.7. The van der Waals surface area contributed by atoms with E-state index >= 15 is 0 Å². The van der Waals surface area contributed by atoms with Crippen molar-refractivity contribution in [3.8, 4) is 45.0 Å². The van der Waals surface area contributed by atoms with E-state index in [4.69, 9.17) is 20.2 Å². The molecule has 0 N–H and O–H groups in total. The van der Waals surface area contributed by atoms with Gasteiger partial charge in [-0.2, -0.15) is 20.4 Å². The zero-order chi connectivity index (χ0) is 46.5. The smallest absolute Gasteiger partial charge is 0.163 e. The molecule has 8 aromatic rings. The zero-order valence-electron chi connectivity index (χ0n) is 40.6. The number of piperidine rings is 2. The highest BCUT2D eigenvalue weighted by molar-refractivity contribution is 6.03. The number of hydrogen-bond acceptors (Lipinski definition) is 12. The van der Waals surface area contributed by atoms with E-state index in [1.54, 1.807) is 12.7 Å². The summed E-state index contributed by atoms with van der Waals surface area (Å²) in [6, 6.07) is 18.4. The molecule has 6 aromatic heterocycles. The Morgan fingerprint density at radius 1 is 0.456 bits per heavy atom. The van der Waals surface area contributed by atoms with Crippen LogP contribution < -0.4 is 9.80 Å². The average molecular weight is 913 g/mol. The van der Waals surface area contributed by atoms with E-state index in [1.165, 1.54) is 88.7 Å². The van der Waals surface area contributed by atoms with Gasteiger partial charge in [0, 0.05) is 88.7 Å². The molecular weight excluding hydrogens is 849 g/mol. The maximum absolute atomic E-state index is 4.94. The van der Waals surface area contributed by atoms with Crippen LogP contribution in [0.15, 0.2) is 73.6 Å². The Hall–Kier alpha value is -6.52. The van der Waals surface area contributed by atoms with Crippen LogP contribution in [-0.4, -0.2) is 133 Å². The molecule has 12 rings (SSSR count). The molecule has 0 saturated carbocycles. The van der Waals surface area contributed by atoms with Crippen LogP contribution in [0.3, 0.4) is 0 Å². The Bertz CT molecular complexity index is 2830. The molecule has 4 aliphatic rings. The second-order valence-corrected chi connectivity index (χ2v) is 19.5. The van der Waals surface area contributed by atoms with Gasteiger partial charge in [0.2, 0.25) is 0 Å². The Balaban J connectivity index is 0.000000149. The maximum Gasteiger partial charge on any atom is 0.163 e. The molecule has 4 fully saturated rings. The van der Waals surface area contributed by atoms with Crippen LogP contribution in [0.2, 0.25) is 0 Å².